The summed E-state index contributed by atoms with van der Waals surface area (Å²) in [5.74, 6) is -1.26. The second-order valence-electron chi connectivity index (χ2n) is 3.86. The molecule has 110 valence electrons. The fourth-order valence-electron chi connectivity index (χ4n) is 1.46. The van der Waals surface area contributed by atoms with Crippen molar-refractivity contribution in [3.05, 3.63) is 44.5 Å². The summed E-state index contributed by atoms with van der Waals surface area (Å²) >= 11 is 7.72. The summed E-state index contributed by atoms with van der Waals surface area (Å²) in [5.41, 5.74) is 0.615. The van der Waals surface area contributed by atoms with Crippen LogP contribution in [0.4, 0.5) is 0 Å². The molecule has 0 aliphatic carbocycles. The highest BCUT2D eigenvalue weighted by atomic mass is 127. The molecule has 21 heavy (non-hydrogen) atoms. The first kappa shape index (κ1) is 17.3. The summed E-state index contributed by atoms with van der Waals surface area (Å²) in [4.78, 5) is 26.9. The first-order chi connectivity index (χ1) is 9.88. The van der Waals surface area contributed by atoms with Crippen LogP contribution in [0, 0.1) is 10.7 Å². The number of nitrogens with one attached hydrogen (secondary N) is 1. The van der Waals surface area contributed by atoms with Gasteiger partial charge < -0.3 is 10.4 Å². The van der Waals surface area contributed by atoms with Crippen molar-refractivity contribution in [2.75, 3.05) is 0 Å². The van der Waals surface area contributed by atoms with E-state index in [1.54, 1.807) is 0 Å². The Kier molecular flexibility index (Phi) is 6.19. The Hall–Kier alpha value is -0.0200. The van der Waals surface area contributed by atoms with E-state index in [1.165, 1.54) is 16.7 Å². The van der Waals surface area contributed by atoms with E-state index in [0.29, 0.717) is 10.6 Å². The minimum atomic E-state index is -1.06. The average molecular weight is 640 g/mol. The van der Waals surface area contributed by atoms with Gasteiger partial charge in [0.1, 0.15) is 5.01 Å². The molecule has 2 aromatic rings. The Labute approximate surface area is 165 Å². The number of nitrogens with zero attached hydrogens (tertiary/aromatic N) is 1. The quantitative estimate of drug-likeness (QED) is 0.396. The van der Waals surface area contributed by atoms with Gasteiger partial charge in [0.2, 0.25) is 0 Å². The van der Waals surface area contributed by atoms with Crippen molar-refractivity contribution < 1.29 is 14.7 Å². The number of rotatable bonds is 4. The topological polar surface area (TPSA) is 79.3 Å². The standard InChI is InChI=1S/C12H7I3N2O3S/c13-5-1-6(10(15)7(14)2-5)11(18)16-3-9-17-8(4-21-9)12(19)20/h1-2,4H,3H2,(H,16,18)(H,19,20). The molecule has 0 aliphatic heterocycles. The average Bonchev–Trinajstić information content (AvgIpc) is 2.89. The van der Waals surface area contributed by atoms with Crippen LogP contribution in [0.15, 0.2) is 17.5 Å². The molecule has 0 saturated carbocycles. The molecule has 0 fully saturated rings. The highest BCUT2D eigenvalue weighted by Crippen LogP contribution is 2.23. The van der Waals surface area contributed by atoms with E-state index in [1.807, 2.05) is 12.1 Å². The number of halogens is 3. The van der Waals surface area contributed by atoms with Crippen molar-refractivity contribution in [3.63, 3.8) is 0 Å². The van der Waals surface area contributed by atoms with E-state index in [2.05, 4.69) is 78.1 Å². The number of aromatic nitrogens is 1. The molecule has 0 unspecified atom stereocenters. The lowest BCUT2D eigenvalue weighted by Gasteiger charge is -2.08. The van der Waals surface area contributed by atoms with Gasteiger partial charge in [0.15, 0.2) is 5.69 Å². The first-order valence-corrected chi connectivity index (χ1v) is 9.60. The molecule has 1 aromatic carbocycles. The lowest BCUT2D eigenvalue weighted by Crippen LogP contribution is -2.24. The maximum Gasteiger partial charge on any atom is 0.355 e. The number of carboxylic acids is 1. The lowest BCUT2D eigenvalue weighted by molar-refractivity contribution is 0.0691. The molecule has 0 radical (unpaired) electrons. The first-order valence-electron chi connectivity index (χ1n) is 5.49. The van der Waals surface area contributed by atoms with Crippen LogP contribution in [0.3, 0.4) is 0 Å². The van der Waals surface area contributed by atoms with Crippen molar-refractivity contribution in [2.45, 2.75) is 6.54 Å². The maximum atomic E-state index is 12.2. The number of thiazole rings is 1. The second kappa shape index (κ2) is 7.50. The zero-order valence-corrected chi connectivity index (χ0v) is 17.5. The minimum Gasteiger partial charge on any atom is -0.476 e. The third kappa shape index (κ3) is 4.48. The zero-order valence-electron chi connectivity index (χ0n) is 10.2. The molecule has 1 amide bonds. The van der Waals surface area contributed by atoms with Crippen LogP contribution in [0.25, 0.3) is 0 Å². The highest BCUT2D eigenvalue weighted by Gasteiger charge is 2.15. The molecule has 5 nitrogen and oxygen atoms in total. The van der Waals surface area contributed by atoms with E-state index >= 15 is 0 Å². The fraction of sp³-hybridized carbons (Fsp3) is 0.0833. The number of hydrogen-bond donors (Lipinski definition) is 2. The van der Waals surface area contributed by atoms with Crippen LogP contribution in [-0.2, 0) is 6.54 Å². The third-order valence-corrected chi connectivity index (χ3v) is 6.93. The van der Waals surface area contributed by atoms with Gasteiger partial charge in [0.25, 0.3) is 5.91 Å². The molecule has 2 N–H and O–H groups in total. The van der Waals surface area contributed by atoms with Gasteiger partial charge in [-0.2, -0.15) is 0 Å². The molecule has 0 spiro atoms. The molecule has 0 aliphatic rings. The Morgan fingerprint density at radius 3 is 2.62 bits per heavy atom. The van der Waals surface area contributed by atoms with E-state index < -0.39 is 5.97 Å². The van der Waals surface area contributed by atoms with Gasteiger partial charge in [0, 0.05) is 16.1 Å². The van der Waals surface area contributed by atoms with E-state index in [0.717, 1.165) is 10.7 Å². The summed E-state index contributed by atoms with van der Waals surface area (Å²) in [7, 11) is 0. The van der Waals surface area contributed by atoms with Crippen LogP contribution in [0.5, 0.6) is 0 Å². The molecular formula is C12H7I3N2O3S. The zero-order chi connectivity index (χ0) is 15.6. The number of carboxylic acid groups (broad SMARTS) is 1. The molecule has 0 atom stereocenters. The minimum absolute atomic E-state index is 0.00244. The SMILES string of the molecule is O=C(O)c1csc(CNC(=O)c2cc(I)cc(I)c2I)n1. The molecular weight excluding hydrogens is 633 g/mol. The summed E-state index contributed by atoms with van der Waals surface area (Å²) in [6.07, 6.45) is 0. The number of carbonyl (C=O) groups excluding carboxylic acids is 1. The molecule has 2 rings (SSSR count). The lowest BCUT2D eigenvalue weighted by atomic mass is 10.2. The third-order valence-electron chi connectivity index (χ3n) is 2.41. The van der Waals surface area contributed by atoms with E-state index in [-0.39, 0.29) is 18.1 Å². The second-order valence-corrected chi connectivity index (χ2v) is 8.29. The van der Waals surface area contributed by atoms with Crippen LogP contribution >= 0.6 is 79.1 Å². The molecule has 0 bridgehead atoms. The van der Waals surface area contributed by atoms with Gasteiger partial charge in [-0.05, 0) is 79.9 Å². The van der Waals surface area contributed by atoms with E-state index in [4.69, 9.17) is 5.11 Å². The maximum absolute atomic E-state index is 12.2. The van der Waals surface area contributed by atoms with Crippen LogP contribution < -0.4 is 5.32 Å². The van der Waals surface area contributed by atoms with Crippen molar-refractivity contribution >= 4 is 91.0 Å². The Morgan fingerprint density at radius 2 is 2.00 bits per heavy atom. The molecule has 1 heterocycles. The number of amides is 1. The van der Waals surface area contributed by atoms with Gasteiger partial charge in [0.05, 0.1) is 12.1 Å². The van der Waals surface area contributed by atoms with Gasteiger partial charge in [-0.25, -0.2) is 9.78 Å². The monoisotopic (exact) mass is 640 g/mol. The predicted molar refractivity (Wildman–Crippen MR) is 105 cm³/mol. The van der Waals surface area contributed by atoms with Crippen molar-refractivity contribution in [1.82, 2.24) is 10.3 Å². The summed E-state index contributed by atoms with van der Waals surface area (Å²) in [5, 5.41) is 13.6. The van der Waals surface area contributed by atoms with Gasteiger partial charge >= 0.3 is 5.97 Å². The molecule has 9 heteroatoms. The van der Waals surface area contributed by atoms with Crippen molar-refractivity contribution in [2.24, 2.45) is 0 Å². The number of aromatic carboxylic acids is 1. The van der Waals surface area contributed by atoms with E-state index in [9.17, 15) is 9.59 Å². The fourth-order valence-corrected chi connectivity index (χ4v) is 4.57. The summed E-state index contributed by atoms with van der Waals surface area (Å²) in [6, 6.07) is 3.82. The smallest absolute Gasteiger partial charge is 0.355 e. The van der Waals surface area contributed by atoms with Gasteiger partial charge in [-0.3, -0.25) is 4.79 Å². The van der Waals surface area contributed by atoms with Crippen LogP contribution in [0.2, 0.25) is 0 Å². The molecule has 0 saturated heterocycles. The highest BCUT2D eigenvalue weighted by molar-refractivity contribution is 14.1. The predicted octanol–water partition coefficient (Wildman–Crippen LogP) is 3.59. The van der Waals surface area contributed by atoms with Gasteiger partial charge in [-0.15, -0.1) is 11.3 Å². The normalized spacial score (nSPS) is 10.4. The number of benzene rings is 1. The van der Waals surface area contributed by atoms with Crippen LogP contribution in [0.1, 0.15) is 25.9 Å². The number of hydrogen-bond acceptors (Lipinski definition) is 4. The van der Waals surface area contributed by atoms with Gasteiger partial charge in [-0.1, -0.05) is 0 Å². The van der Waals surface area contributed by atoms with Crippen molar-refractivity contribution in [3.8, 4) is 0 Å². The largest absolute Gasteiger partial charge is 0.476 e. The summed E-state index contributed by atoms with van der Waals surface area (Å²) < 4.78 is 2.91. The Bertz CT molecular complexity index is 718. The Balaban J connectivity index is 2.09. The number of carbonyl (C=O) groups is 2. The molecule has 1 aromatic heterocycles. The van der Waals surface area contributed by atoms with Crippen molar-refractivity contribution in [1.29, 1.82) is 0 Å². The Morgan fingerprint density at radius 1 is 1.29 bits per heavy atom. The van der Waals surface area contributed by atoms with Crippen LogP contribution in [-0.4, -0.2) is 22.0 Å². The summed E-state index contributed by atoms with van der Waals surface area (Å²) in [6.45, 7) is 0.217.